The number of benzene rings is 2. The molecular formula is C25H27NO3S. The number of hydrogen-bond acceptors (Lipinski definition) is 3. The van der Waals surface area contributed by atoms with E-state index in [-0.39, 0.29) is 18.0 Å². The topological polar surface area (TPSA) is 57.6 Å². The van der Waals surface area contributed by atoms with E-state index in [1.165, 1.54) is 10.4 Å². The molecule has 0 radical (unpaired) electrons. The molecule has 2 rings (SSSR count). The van der Waals surface area contributed by atoms with Gasteiger partial charge in [0.2, 0.25) is 10.0 Å². The van der Waals surface area contributed by atoms with Gasteiger partial charge in [-0.1, -0.05) is 59.7 Å². The maximum Gasteiger partial charge on any atom is 0.244 e. The molecule has 4 nitrogen and oxygen atoms in total. The van der Waals surface area contributed by atoms with E-state index in [0.29, 0.717) is 12.8 Å². The third kappa shape index (κ3) is 7.54. The molecule has 2 aromatic carbocycles. The fraction of sp³-hybridized carbons (Fsp3) is 0.280. The zero-order valence-electron chi connectivity index (χ0n) is 17.2. The van der Waals surface area contributed by atoms with Crippen molar-refractivity contribution in [1.29, 1.82) is 0 Å². The molecule has 0 spiro atoms. The second kappa shape index (κ2) is 12.0. The molecule has 0 saturated carbocycles. The maximum atomic E-state index is 13.1. The second-order valence-corrected chi connectivity index (χ2v) is 8.74. The predicted molar refractivity (Wildman–Crippen MR) is 121 cm³/mol. The minimum Gasteiger partial charge on any atom is -0.389 e. The fourth-order valence-corrected chi connectivity index (χ4v) is 3.83. The summed E-state index contributed by atoms with van der Waals surface area (Å²) in [5.41, 5.74) is 1.82. The van der Waals surface area contributed by atoms with Crippen LogP contribution in [0.5, 0.6) is 0 Å². The van der Waals surface area contributed by atoms with Gasteiger partial charge in [-0.15, -0.1) is 12.5 Å². The van der Waals surface area contributed by atoms with E-state index in [1.807, 2.05) is 37.3 Å². The largest absolute Gasteiger partial charge is 0.389 e. The summed E-state index contributed by atoms with van der Waals surface area (Å²) in [4.78, 5) is 0.227. The molecule has 1 unspecified atom stereocenters. The maximum absolute atomic E-state index is 13.1. The van der Waals surface area contributed by atoms with Gasteiger partial charge in [0.25, 0.3) is 0 Å². The van der Waals surface area contributed by atoms with E-state index in [4.69, 9.17) is 0 Å². The van der Waals surface area contributed by atoms with Crippen LogP contribution in [0.2, 0.25) is 0 Å². The molecule has 0 heterocycles. The van der Waals surface area contributed by atoms with Crippen LogP contribution < -0.4 is 0 Å². The summed E-state index contributed by atoms with van der Waals surface area (Å²) >= 11 is 0. The van der Waals surface area contributed by atoms with Gasteiger partial charge in [0, 0.05) is 12.0 Å². The van der Waals surface area contributed by atoms with Crippen LogP contribution in [0.3, 0.4) is 0 Å². The molecule has 0 aliphatic carbocycles. The Morgan fingerprint density at radius 3 is 2.37 bits per heavy atom. The number of nitrogens with zero attached hydrogens (tertiary/aromatic N) is 1. The smallest absolute Gasteiger partial charge is 0.244 e. The summed E-state index contributed by atoms with van der Waals surface area (Å²) in [5, 5.41) is 9.48. The molecule has 2 aromatic rings. The number of rotatable bonds is 8. The summed E-state index contributed by atoms with van der Waals surface area (Å²) in [7, 11) is -3.71. The van der Waals surface area contributed by atoms with Crippen molar-refractivity contribution in [2.75, 3.05) is 13.1 Å². The Morgan fingerprint density at radius 1 is 1.03 bits per heavy atom. The van der Waals surface area contributed by atoms with Gasteiger partial charge in [0.15, 0.2) is 0 Å². The Balaban J connectivity index is 2.13. The van der Waals surface area contributed by atoms with Crippen molar-refractivity contribution in [1.82, 2.24) is 4.31 Å². The monoisotopic (exact) mass is 421 g/mol. The van der Waals surface area contributed by atoms with Gasteiger partial charge in [-0.25, -0.2) is 8.42 Å². The molecule has 1 atom stereocenters. The fourth-order valence-electron chi connectivity index (χ4n) is 2.59. The highest BCUT2D eigenvalue weighted by atomic mass is 32.2. The molecule has 0 aliphatic heterocycles. The van der Waals surface area contributed by atoms with Gasteiger partial charge >= 0.3 is 0 Å². The summed E-state index contributed by atoms with van der Waals surface area (Å²) in [6.45, 7) is 5.56. The van der Waals surface area contributed by atoms with E-state index in [2.05, 4.69) is 30.3 Å². The van der Waals surface area contributed by atoms with Crippen LogP contribution in [0, 0.1) is 30.6 Å². The average molecular weight is 422 g/mol. The zero-order valence-corrected chi connectivity index (χ0v) is 18.0. The minimum absolute atomic E-state index is 0.0506. The standard InChI is InChI=1S/C25H27NO3S/c1-3-24(27)15-9-4-5-10-20-26(21-11-14-23-12-7-6-8-13-23)30(28,29)25-18-16-22(2)17-19-25/h3,6-8,12-13,16-19,24,27H,1,4,9,15,20-21H2,2H3. The van der Waals surface area contributed by atoms with Crippen molar-refractivity contribution in [3.05, 3.63) is 78.4 Å². The molecule has 0 fully saturated rings. The van der Waals surface area contributed by atoms with Crippen LogP contribution in [-0.4, -0.2) is 37.0 Å². The van der Waals surface area contributed by atoms with E-state index < -0.39 is 16.1 Å². The Kier molecular flexibility index (Phi) is 9.38. The van der Waals surface area contributed by atoms with Crippen LogP contribution in [-0.2, 0) is 10.0 Å². The highest BCUT2D eigenvalue weighted by Crippen LogP contribution is 2.16. The Labute approximate surface area is 180 Å². The van der Waals surface area contributed by atoms with Gasteiger partial charge < -0.3 is 5.11 Å². The molecule has 0 saturated heterocycles. The SMILES string of the molecule is C=CC(O)CCCC#CCN(CC#Cc1ccccc1)S(=O)(=O)c1ccc(C)cc1. The predicted octanol–water partition coefficient (Wildman–Crippen LogP) is 3.76. The summed E-state index contributed by atoms with van der Waals surface area (Å²) in [5.74, 6) is 11.9. The highest BCUT2D eigenvalue weighted by Gasteiger charge is 2.22. The van der Waals surface area contributed by atoms with E-state index in [0.717, 1.165) is 17.5 Å². The van der Waals surface area contributed by atoms with Crippen molar-refractivity contribution in [2.45, 2.75) is 37.2 Å². The first kappa shape index (κ1) is 23.4. The number of sulfonamides is 1. The lowest BCUT2D eigenvalue weighted by Crippen LogP contribution is -2.32. The molecule has 1 N–H and O–H groups in total. The van der Waals surface area contributed by atoms with Crippen molar-refractivity contribution < 1.29 is 13.5 Å². The number of aryl methyl sites for hydroxylation is 1. The third-order valence-electron chi connectivity index (χ3n) is 4.37. The van der Waals surface area contributed by atoms with E-state index in [9.17, 15) is 13.5 Å². The molecule has 156 valence electrons. The Hall–Kier alpha value is -2.83. The molecule has 0 bridgehead atoms. The van der Waals surface area contributed by atoms with Gasteiger partial charge in [0.1, 0.15) is 0 Å². The first-order valence-electron chi connectivity index (χ1n) is 9.80. The van der Waals surface area contributed by atoms with Crippen LogP contribution in [0.15, 0.2) is 72.1 Å². The van der Waals surface area contributed by atoms with Crippen molar-refractivity contribution in [3.8, 4) is 23.7 Å². The normalized spacial score (nSPS) is 11.7. The molecule has 0 aromatic heterocycles. The quantitative estimate of drug-likeness (QED) is 0.401. The van der Waals surface area contributed by atoms with E-state index >= 15 is 0 Å². The zero-order chi connectivity index (χ0) is 21.8. The number of hydrogen-bond donors (Lipinski definition) is 1. The lowest BCUT2D eigenvalue weighted by Gasteiger charge is -2.17. The van der Waals surface area contributed by atoms with Crippen molar-refractivity contribution in [2.24, 2.45) is 0 Å². The van der Waals surface area contributed by atoms with Gasteiger partial charge in [-0.2, -0.15) is 4.31 Å². The number of aliphatic hydroxyl groups excluding tert-OH is 1. The average Bonchev–Trinajstić information content (AvgIpc) is 2.75. The van der Waals surface area contributed by atoms with E-state index in [1.54, 1.807) is 24.3 Å². The number of aliphatic hydroxyl groups is 1. The number of unbranched alkanes of at least 4 members (excludes halogenated alkanes) is 1. The molecule has 0 aliphatic rings. The molecular weight excluding hydrogens is 394 g/mol. The van der Waals surface area contributed by atoms with Gasteiger partial charge in [-0.3, -0.25) is 0 Å². The second-order valence-electron chi connectivity index (χ2n) is 6.80. The molecule has 30 heavy (non-hydrogen) atoms. The van der Waals surface area contributed by atoms with Crippen LogP contribution in [0.1, 0.15) is 30.4 Å². The summed E-state index contributed by atoms with van der Waals surface area (Å²) in [6, 6.07) is 16.2. The van der Waals surface area contributed by atoms with Gasteiger partial charge in [-0.05, 0) is 44.0 Å². The van der Waals surface area contributed by atoms with Gasteiger partial charge in [0.05, 0.1) is 24.1 Å². The lowest BCUT2D eigenvalue weighted by molar-refractivity contribution is 0.210. The highest BCUT2D eigenvalue weighted by molar-refractivity contribution is 7.89. The van der Waals surface area contributed by atoms with Crippen LogP contribution in [0.25, 0.3) is 0 Å². The first-order valence-corrected chi connectivity index (χ1v) is 11.2. The van der Waals surface area contributed by atoms with Crippen LogP contribution in [0.4, 0.5) is 0 Å². The van der Waals surface area contributed by atoms with Crippen molar-refractivity contribution >= 4 is 10.0 Å². The molecule has 5 heteroatoms. The Bertz CT molecular complexity index is 1040. The van der Waals surface area contributed by atoms with Crippen molar-refractivity contribution in [3.63, 3.8) is 0 Å². The lowest BCUT2D eigenvalue weighted by atomic mass is 10.1. The minimum atomic E-state index is -3.71. The molecule has 0 amide bonds. The van der Waals surface area contributed by atoms with Crippen LogP contribution >= 0.6 is 0 Å². The summed E-state index contributed by atoms with van der Waals surface area (Å²) < 4.78 is 27.5. The summed E-state index contributed by atoms with van der Waals surface area (Å²) in [6.07, 6.45) is 2.86. The third-order valence-corrected chi connectivity index (χ3v) is 6.18. The first-order chi connectivity index (χ1) is 14.4. The Morgan fingerprint density at radius 2 is 1.70 bits per heavy atom.